The first-order valence-electron chi connectivity index (χ1n) is 5.91. The number of hydrogen-bond acceptors (Lipinski definition) is 2. The zero-order chi connectivity index (χ0) is 12.3. The summed E-state index contributed by atoms with van der Waals surface area (Å²) >= 11 is 12.1. The number of hydrogen-bond donors (Lipinski definition) is 2. The molecule has 17 heavy (non-hydrogen) atoms. The molecule has 4 heteroatoms. The predicted molar refractivity (Wildman–Crippen MR) is 71.8 cm³/mol. The Morgan fingerprint density at radius 1 is 1.35 bits per heavy atom. The highest BCUT2D eigenvalue weighted by Gasteiger charge is 2.32. The Balaban J connectivity index is 2.17. The Morgan fingerprint density at radius 2 is 2.18 bits per heavy atom. The summed E-state index contributed by atoms with van der Waals surface area (Å²) in [5.74, 6) is 0. The quantitative estimate of drug-likeness (QED) is 0.888. The maximum absolute atomic E-state index is 9.64. The lowest BCUT2D eigenvalue weighted by atomic mass is 9.76. The van der Waals surface area contributed by atoms with Crippen molar-refractivity contribution in [3.63, 3.8) is 0 Å². The van der Waals surface area contributed by atoms with Gasteiger partial charge in [0.2, 0.25) is 0 Å². The van der Waals surface area contributed by atoms with E-state index in [2.05, 4.69) is 5.32 Å². The third-order valence-electron chi connectivity index (χ3n) is 3.48. The number of halogens is 2. The van der Waals surface area contributed by atoms with E-state index in [1.165, 1.54) is 0 Å². The lowest BCUT2D eigenvalue weighted by Crippen LogP contribution is -2.44. The third-order valence-corrected chi connectivity index (χ3v) is 4.06. The molecule has 2 rings (SSSR count). The maximum Gasteiger partial charge on any atom is 0.0502 e. The fraction of sp³-hybridized carbons (Fsp3) is 0.538. The van der Waals surface area contributed by atoms with Crippen LogP contribution in [0.2, 0.25) is 10.0 Å². The topological polar surface area (TPSA) is 32.3 Å². The second kappa shape index (κ2) is 5.57. The van der Waals surface area contributed by atoms with Gasteiger partial charge < -0.3 is 10.4 Å². The van der Waals surface area contributed by atoms with Gasteiger partial charge in [-0.1, -0.05) is 29.3 Å². The summed E-state index contributed by atoms with van der Waals surface area (Å²) in [6.45, 7) is 2.08. The first kappa shape index (κ1) is 13.2. The van der Waals surface area contributed by atoms with E-state index < -0.39 is 0 Å². The summed E-state index contributed by atoms with van der Waals surface area (Å²) in [4.78, 5) is 0. The first-order valence-corrected chi connectivity index (χ1v) is 6.66. The molecule has 1 fully saturated rings. The van der Waals surface area contributed by atoms with Crippen molar-refractivity contribution in [2.24, 2.45) is 5.41 Å². The molecule has 0 spiro atoms. The number of aliphatic hydroxyl groups is 1. The minimum absolute atomic E-state index is 0.0737. The van der Waals surface area contributed by atoms with Gasteiger partial charge in [0.15, 0.2) is 0 Å². The van der Waals surface area contributed by atoms with Gasteiger partial charge in [0.25, 0.3) is 0 Å². The van der Waals surface area contributed by atoms with Crippen molar-refractivity contribution < 1.29 is 5.11 Å². The van der Waals surface area contributed by atoms with Crippen LogP contribution in [0.25, 0.3) is 0 Å². The maximum atomic E-state index is 9.64. The molecule has 1 atom stereocenters. The summed E-state index contributed by atoms with van der Waals surface area (Å²) in [6.07, 6.45) is 2.94. The van der Waals surface area contributed by atoms with E-state index in [0.717, 1.165) is 37.9 Å². The molecule has 1 unspecified atom stereocenters. The highest BCUT2D eigenvalue weighted by Crippen LogP contribution is 2.33. The van der Waals surface area contributed by atoms with Crippen molar-refractivity contribution in [3.05, 3.63) is 33.8 Å². The average molecular weight is 274 g/mol. The Hall–Kier alpha value is -0.280. The van der Waals surface area contributed by atoms with Crippen molar-refractivity contribution >= 4 is 23.2 Å². The van der Waals surface area contributed by atoms with Gasteiger partial charge in [-0.05, 0) is 43.5 Å². The molecular weight excluding hydrogens is 257 g/mol. The molecule has 1 aromatic rings. The average Bonchev–Trinajstić information content (AvgIpc) is 2.34. The fourth-order valence-electron chi connectivity index (χ4n) is 2.44. The van der Waals surface area contributed by atoms with E-state index in [9.17, 15) is 5.11 Å². The number of piperidine rings is 1. The van der Waals surface area contributed by atoms with E-state index in [1.807, 2.05) is 12.1 Å². The molecule has 0 aliphatic carbocycles. The van der Waals surface area contributed by atoms with Crippen LogP contribution in [0.1, 0.15) is 18.4 Å². The van der Waals surface area contributed by atoms with Gasteiger partial charge in [0.1, 0.15) is 0 Å². The van der Waals surface area contributed by atoms with Gasteiger partial charge in [-0.3, -0.25) is 0 Å². The van der Waals surface area contributed by atoms with Crippen molar-refractivity contribution in [2.45, 2.75) is 19.3 Å². The molecule has 0 radical (unpaired) electrons. The zero-order valence-corrected chi connectivity index (χ0v) is 11.2. The van der Waals surface area contributed by atoms with E-state index >= 15 is 0 Å². The Morgan fingerprint density at radius 3 is 2.76 bits per heavy atom. The molecule has 2 N–H and O–H groups in total. The van der Waals surface area contributed by atoms with Crippen LogP contribution < -0.4 is 5.32 Å². The summed E-state index contributed by atoms with van der Waals surface area (Å²) in [5, 5.41) is 14.3. The van der Waals surface area contributed by atoms with Crippen molar-refractivity contribution in [2.75, 3.05) is 19.7 Å². The van der Waals surface area contributed by atoms with Gasteiger partial charge in [-0.2, -0.15) is 0 Å². The predicted octanol–water partition coefficient (Wildman–Crippen LogP) is 2.90. The normalized spacial score (nSPS) is 24.9. The van der Waals surface area contributed by atoms with Gasteiger partial charge in [0.05, 0.1) is 6.61 Å². The molecule has 1 aliphatic heterocycles. The number of nitrogens with one attached hydrogen (secondary N) is 1. The van der Waals surface area contributed by atoms with Crippen molar-refractivity contribution in [3.8, 4) is 0 Å². The number of aliphatic hydroxyl groups excluding tert-OH is 1. The molecule has 0 saturated carbocycles. The minimum Gasteiger partial charge on any atom is -0.396 e. The van der Waals surface area contributed by atoms with Crippen LogP contribution in [0, 0.1) is 5.41 Å². The molecule has 0 aromatic heterocycles. The van der Waals surface area contributed by atoms with Gasteiger partial charge in [-0.15, -0.1) is 0 Å². The monoisotopic (exact) mass is 273 g/mol. The molecule has 2 nitrogen and oxygen atoms in total. The van der Waals surface area contributed by atoms with E-state index in [1.54, 1.807) is 6.07 Å². The highest BCUT2D eigenvalue weighted by molar-refractivity contribution is 6.35. The summed E-state index contributed by atoms with van der Waals surface area (Å²) < 4.78 is 0. The van der Waals surface area contributed by atoms with E-state index in [-0.39, 0.29) is 12.0 Å². The lowest BCUT2D eigenvalue weighted by molar-refractivity contribution is 0.0948. The minimum atomic E-state index is -0.0737. The first-order chi connectivity index (χ1) is 8.15. The molecule has 0 amide bonds. The van der Waals surface area contributed by atoms with Crippen LogP contribution in [0.15, 0.2) is 18.2 Å². The fourth-order valence-corrected chi connectivity index (χ4v) is 2.92. The van der Waals surface area contributed by atoms with Crippen LogP contribution in [-0.4, -0.2) is 24.8 Å². The van der Waals surface area contributed by atoms with Crippen molar-refractivity contribution in [1.29, 1.82) is 0 Å². The summed E-state index contributed by atoms with van der Waals surface area (Å²) in [7, 11) is 0. The Labute approximate surface area is 112 Å². The SMILES string of the molecule is OCC1(Cc2ccc(Cl)cc2Cl)CCCNC1. The second-order valence-electron chi connectivity index (χ2n) is 4.85. The zero-order valence-electron chi connectivity index (χ0n) is 9.68. The molecule has 1 heterocycles. The van der Waals surface area contributed by atoms with Crippen LogP contribution in [0.5, 0.6) is 0 Å². The molecular formula is C13H17Cl2NO. The Kier molecular flexibility index (Phi) is 4.31. The van der Waals surface area contributed by atoms with Crippen LogP contribution in [0.3, 0.4) is 0 Å². The molecule has 1 aromatic carbocycles. The summed E-state index contributed by atoms with van der Waals surface area (Å²) in [6, 6.07) is 5.57. The third kappa shape index (κ3) is 3.14. The molecule has 1 saturated heterocycles. The second-order valence-corrected chi connectivity index (χ2v) is 5.69. The smallest absolute Gasteiger partial charge is 0.0502 e. The molecule has 94 valence electrons. The molecule has 1 aliphatic rings. The van der Waals surface area contributed by atoms with Crippen LogP contribution in [0.4, 0.5) is 0 Å². The molecule has 0 bridgehead atoms. The van der Waals surface area contributed by atoms with E-state index in [4.69, 9.17) is 23.2 Å². The number of benzene rings is 1. The van der Waals surface area contributed by atoms with Gasteiger partial charge in [-0.25, -0.2) is 0 Å². The van der Waals surface area contributed by atoms with Crippen LogP contribution >= 0.6 is 23.2 Å². The van der Waals surface area contributed by atoms with Crippen LogP contribution in [-0.2, 0) is 6.42 Å². The standard InChI is InChI=1S/C13H17Cl2NO/c14-11-3-2-10(12(15)6-11)7-13(9-17)4-1-5-16-8-13/h2-3,6,16-17H,1,4-5,7-9H2. The van der Waals surface area contributed by atoms with E-state index in [0.29, 0.717) is 10.0 Å². The summed E-state index contributed by atoms with van der Waals surface area (Å²) in [5.41, 5.74) is 0.990. The number of rotatable bonds is 3. The lowest BCUT2D eigenvalue weighted by Gasteiger charge is -2.36. The largest absolute Gasteiger partial charge is 0.396 e. The van der Waals surface area contributed by atoms with Crippen molar-refractivity contribution in [1.82, 2.24) is 5.32 Å². The van der Waals surface area contributed by atoms with Gasteiger partial charge in [0, 0.05) is 22.0 Å². The van der Waals surface area contributed by atoms with Gasteiger partial charge >= 0.3 is 0 Å². The highest BCUT2D eigenvalue weighted by atomic mass is 35.5. The Bertz CT molecular complexity index is 389.